The lowest BCUT2D eigenvalue weighted by Gasteiger charge is -2.21. The highest BCUT2D eigenvalue weighted by atomic mass is 16.6. The first-order valence-electron chi connectivity index (χ1n) is 6.72. The molecule has 5 heteroatoms. The number of amides is 1. The van der Waals surface area contributed by atoms with Crippen LogP contribution in [0.25, 0.3) is 0 Å². The molecule has 0 fully saturated rings. The van der Waals surface area contributed by atoms with Crippen LogP contribution in [0.2, 0.25) is 0 Å². The molecule has 5 nitrogen and oxygen atoms in total. The number of hydrogen-bond acceptors (Lipinski definition) is 4. The van der Waals surface area contributed by atoms with Crippen LogP contribution in [0.3, 0.4) is 0 Å². The number of ether oxygens (including phenoxy) is 2. The second-order valence-corrected chi connectivity index (χ2v) is 4.42. The fourth-order valence-corrected chi connectivity index (χ4v) is 1.84. The molecule has 0 radical (unpaired) electrons. The molecule has 0 bridgehead atoms. The molecule has 1 aliphatic heterocycles. The summed E-state index contributed by atoms with van der Waals surface area (Å²) >= 11 is 0. The monoisotopic (exact) mass is 287 g/mol. The van der Waals surface area contributed by atoms with Gasteiger partial charge in [-0.15, -0.1) is 0 Å². The molecule has 0 spiro atoms. The first kappa shape index (κ1) is 14.8. The minimum Gasteiger partial charge on any atom is -0.463 e. The van der Waals surface area contributed by atoms with Gasteiger partial charge in [0.05, 0.1) is 18.7 Å². The predicted octanol–water partition coefficient (Wildman–Crippen LogP) is 2.64. The Bertz CT molecular complexity index is 563. The van der Waals surface area contributed by atoms with Gasteiger partial charge in [0, 0.05) is 6.20 Å². The van der Waals surface area contributed by atoms with Crippen LogP contribution in [0.5, 0.6) is 0 Å². The Morgan fingerprint density at radius 2 is 1.95 bits per heavy atom. The van der Waals surface area contributed by atoms with Crippen molar-refractivity contribution in [1.29, 1.82) is 0 Å². The van der Waals surface area contributed by atoms with E-state index in [9.17, 15) is 9.59 Å². The van der Waals surface area contributed by atoms with E-state index < -0.39 is 12.1 Å². The second kappa shape index (κ2) is 7.28. The highest BCUT2D eigenvalue weighted by Crippen LogP contribution is 2.12. The number of hydrogen-bond donors (Lipinski definition) is 0. The fourth-order valence-electron chi connectivity index (χ4n) is 1.84. The van der Waals surface area contributed by atoms with Crippen molar-refractivity contribution in [3.05, 3.63) is 59.8 Å². The van der Waals surface area contributed by atoms with E-state index in [1.54, 1.807) is 25.3 Å². The van der Waals surface area contributed by atoms with E-state index >= 15 is 0 Å². The summed E-state index contributed by atoms with van der Waals surface area (Å²) in [5.74, 6) is -0.414. The highest BCUT2D eigenvalue weighted by Gasteiger charge is 2.21. The molecular weight excluding hydrogens is 270 g/mol. The van der Waals surface area contributed by atoms with Gasteiger partial charge in [0.15, 0.2) is 0 Å². The summed E-state index contributed by atoms with van der Waals surface area (Å²) < 4.78 is 10.1. The van der Waals surface area contributed by atoms with Gasteiger partial charge in [0.1, 0.15) is 6.61 Å². The van der Waals surface area contributed by atoms with Crippen molar-refractivity contribution in [3.8, 4) is 0 Å². The second-order valence-electron chi connectivity index (χ2n) is 4.42. The molecule has 0 saturated carbocycles. The Labute approximate surface area is 123 Å². The molecule has 1 heterocycles. The third-order valence-corrected chi connectivity index (χ3v) is 2.88. The number of esters is 1. The largest absolute Gasteiger partial charge is 0.463 e. The van der Waals surface area contributed by atoms with Gasteiger partial charge in [0.2, 0.25) is 0 Å². The first-order valence-corrected chi connectivity index (χ1v) is 6.72. The molecule has 2 rings (SSSR count). The smallest absolute Gasteiger partial charge is 0.414 e. The summed E-state index contributed by atoms with van der Waals surface area (Å²) in [5.41, 5.74) is 1.34. The molecule has 0 atom stereocenters. The molecular formula is C16H17NO4. The Morgan fingerprint density at radius 3 is 2.67 bits per heavy atom. The van der Waals surface area contributed by atoms with Gasteiger partial charge >= 0.3 is 12.1 Å². The standard InChI is InChI=1S/C16H17NO4/c1-2-20-15(18)14-9-6-10-17(11-14)16(19)21-12-13-7-4-3-5-8-13/h3-10H,2,11-12H2,1H3. The van der Waals surface area contributed by atoms with Crippen LogP contribution < -0.4 is 0 Å². The maximum absolute atomic E-state index is 12.0. The van der Waals surface area contributed by atoms with E-state index in [-0.39, 0.29) is 13.2 Å². The van der Waals surface area contributed by atoms with Gasteiger partial charge in [-0.3, -0.25) is 4.90 Å². The van der Waals surface area contributed by atoms with Gasteiger partial charge in [-0.2, -0.15) is 0 Å². The van der Waals surface area contributed by atoms with Crippen molar-refractivity contribution in [2.45, 2.75) is 13.5 Å². The predicted molar refractivity (Wildman–Crippen MR) is 77.2 cm³/mol. The van der Waals surface area contributed by atoms with Crippen molar-refractivity contribution >= 4 is 12.1 Å². The topological polar surface area (TPSA) is 55.8 Å². The van der Waals surface area contributed by atoms with Crippen molar-refractivity contribution in [2.24, 2.45) is 0 Å². The number of carbonyl (C=O) groups is 2. The summed E-state index contributed by atoms with van der Waals surface area (Å²) in [6.07, 6.45) is 4.35. The molecule has 21 heavy (non-hydrogen) atoms. The molecule has 0 aromatic heterocycles. The lowest BCUT2D eigenvalue weighted by atomic mass is 10.2. The molecule has 0 saturated heterocycles. The molecule has 1 aliphatic rings. The molecule has 0 N–H and O–H groups in total. The number of benzene rings is 1. The number of allylic oxidation sites excluding steroid dienone is 2. The zero-order valence-electron chi connectivity index (χ0n) is 11.8. The van der Waals surface area contributed by atoms with Crippen LogP contribution in [-0.4, -0.2) is 30.1 Å². The molecule has 1 aromatic rings. The van der Waals surface area contributed by atoms with Gasteiger partial charge in [-0.25, -0.2) is 9.59 Å². The molecule has 1 aromatic carbocycles. The van der Waals surface area contributed by atoms with E-state index in [1.807, 2.05) is 30.3 Å². The summed E-state index contributed by atoms with van der Waals surface area (Å²) in [5, 5.41) is 0. The van der Waals surface area contributed by atoms with E-state index in [0.717, 1.165) is 5.56 Å². The van der Waals surface area contributed by atoms with E-state index in [2.05, 4.69) is 0 Å². The average molecular weight is 287 g/mol. The normalized spacial score (nSPS) is 13.6. The minimum absolute atomic E-state index is 0.156. The van der Waals surface area contributed by atoms with Crippen molar-refractivity contribution < 1.29 is 19.1 Å². The minimum atomic E-state index is -0.495. The number of rotatable bonds is 4. The number of nitrogens with zero attached hydrogens (tertiary/aromatic N) is 1. The molecule has 0 aliphatic carbocycles. The van der Waals surface area contributed by atoms with E-state index in [0.29, 0.717) is 12.2 Å². The highest BCUT2D eigenvalue weighted by molar-refractivity contribution is 5.90. The first-order chi connectivity index (χ1) is 10.2. The SMILES string of the molecule is CCOC(=O)C1=CC=CN(C(=O)OCc2ccccc2)C1. The van der Waals surface area contributed by atoms with Crippen LogP contribution in [-0.2, 0) is 20.9 Å². The van der Waals surface area contributed by atoms with Gasteiger partial charge in [-0.05, 0) is 24.6 Å². The summed E-state index contributed by atoms with van der Waals surface area (Å²) in [6.45, 7) is 2.40. The zero-order chi connectivity index (χ0) is 15.1. The van der Waals surface area contributed by atoms with Crippen LogP contribution in [0.15, 0.2) is 54.3 Å². The Kier molecular flexibility index (Phi) is 5.15. The van der Waals surface area contributed by atoms with Crippen molar-refractivity contribution in [3.63, 3.8) is 0 Å². The molecule has 110 valence electrons. The molecule has 0 unspecified atom stereocenters. The number of carbonyl (C=O) groups excluding carboxylic acids is 2. The van der Waals surface area contributed by atoms with Gasteiger partial charge < -0.3 is 9.47 Å². The Balaban J connectivity index is 1.88. The summed E-state index contributed by atoms with van der Waals surface area (Å²) in [7, 11) is 0. The van der Waals surface area contributed by atoms with Gasteiger partial charge in [0.25, 0.3) is 0 Å². The maximum atomic E-state index is 12.0. The van der Waals surface area contributed by atoms with Gasteiger partial charge in [-0.1, -0.05) is 30.3 Å². The van der Waals surface area contributed by atoms with Crippen LogP contribution in [0, 0.1) is 0 Å². The Hall–Kier alpha value is -2.56. The zero-order valence-corrected chi connectivity index (χ0v) is 11.8. The quantitative estimate of drug-likeness (QED) is 0.799. The van der Waals surface area contributed by atoms with E-state index in [1.165, 1.54) is 4.90 Å². The fraction of sp³-hybridized carbons (Fsp3) is 0.250. The Morgan fingerprint density at radius 1 is 1.19 bits per heavy atom. The van der Waals surface area contributed by atoms with Crippen LogP contribution in [0.4, 0.5) is 4.79 Å². The third kappa shape index (κ3) is 4.21. The summed E-state index contributed by atoms with van der Waals surface area (Å²) in [6, 6.07) is 9.42. The average Bonchev–Trinajstić information content (AvgIpc) is 2.54. The van der Waals surface area contributed by atoms with Crippen LogP contribution in [0.1, 0.15) is 12.5 Å². The summed E-state index contributed by atoms with van der Waals surface area (Å²) in [4.78, 5) is 25.0. The van der Waals surface area contributed by atoms with E-state index in [4.69, 9.17) is 9.47 Å². The molecule has 1 amide bonds. The van der Waals surface area contributed by atoms with Crippen molar-refractivity contribution in [1.82, 2.24) is 4.90 Å². The maximum Gasteiger partial charge on any atom is 0.414 e. The van der Waals surface area contributed by atoms with Crippen LogP contribution >= 0.6 is 0 Å². The lowest BCUT2D eigenvalue weighted by Crippen LogP contribution is -2.32. The third-order valence-electron chi connectivity index (χ3n) is 2.88. The van der Waals surface area contributed by atoms with Crippen molar-refractivity contribution in [2.75, 3.05) is 13.2 Å². The lowest BCUT2D eigenvalue weighted by molar-refractivity contribution is -0.138.